The highest BCUT2D eigenvalue weighted by Gasteiger charge is 2.68. The summed E-state index contributed by atoms with van der Waals surface area (Å²) in [6.45, 7) is 0. The van der Waals surface area contributed by atoms with Gasteiger partial charge in [-0.05, 0) is 18.8 Å². The second-order valence-electron chi connectivity index (χ2n) is 2.14. The van der Waals surface area contributed by atoms with Gasteiger partial charge in [0.1, 0.15) is 0 Å². The number of alkyl halides is 1. The van der Waals surface area contributed by atoms with Gasteiger partial charge in [0.15, 0.2) is 0 Å². The minimum absolute atomic E-state index is 0.389. The molecule has 2 fully saturated rings. The van der Waals surface area contributed by atoms with Gasteiger partial charge in [0, 0.05) is 4.87 Å². The van der Waals surface area contributed by atoms with Crippen molar-refractivity contribution in [3.63, 3.8) is 0 Å². The summed E-state index contributed by atoms with van der Waals surface area (Å²) in [5, 5.41) is 0. The van der Waals surface area contributed by atoms with Crippen molar-refractivity contribution < 1.29 is 0 Å². The van der Waals surface area contributed by atoms with E-state index in [0.29, 0.717) is 4.87 Å². The van der Waals surface area contributed by atoms with E-state index in [4.69, 9.17) is 11.6 Å². The monoisotopic (exact) mass is 88.0 g/mol. The number of hydrogen-bond acceptors (Lipinski definition) is 0. The van der Waals surface area contributed by atoms with Crippen LogP contribution >= 0.6 is 11.6 Å². The molecular formula is C4H5Cl. The molecular weight excluding hydrogens is 83.5 g/mol. The van der Waals surface area contributed by atoms with Gasteiger partial charge >= 0.3 is 0 Å². The molecule has 2 aliphatic rings. The number of fused-ring (bicyclic) bond motifs is 1. The summed E-state index contributed by atoms with van der Waals surface area (Å²) in [7, 11) is 0. The molecule has 0 heterocycles. The van der Waals surface area contributed by atoms with Crippen molar-refractivity contribution >= 4 is 11.6 Å². The van der Waals surface area contributed by atoms with Crippen LogP contribution in [0.25, 0.3) is 0 Å². The molecule has 0 spiro atoms. The fraction of sp³-hybridized carbons (Fsp3) is 1.00. The molecule has 1 heteroatoms. The van der Waals surface area contributed by atoms with Crippen molar-refractivity contribution in [3.05, 3.63) is 0 Å². The zero-order chi connectivity index (χ0) is 3.49. The van der Waals surface area contributed by atoms with E-state index in [1.54, 1.807) is 0 Å². The zero-order valence-electron chi connectivity index (χ0n) is 2.87. The van der Waals surface area contributed by atoms with E-state index in [0.717, 1.165) is 5.92 Å². The number of rotatable bonds is 0. The Balaban J connectivity index is 2.37. The second kappa shape index (κ2) is 0.364. The molecule has 2 rings (SSSR count). The summed E-state index contributed by atoms with van der Waals surface area (Å²) in [5.74, 6) is 0.962. The Morgan fingerprint density at radius 3 is 1.80 bits per heavy atom. The molecule has 0 aliphatic heterocycles. The molecule has 2 aliphatic carbocycles. The van der Waals surface area contributed by atoms with Crippen LogP contribution in [0, 0.1) is 5.92 Å². The summed E-state index contributed by atoms with van der Waals surface area (Å²) >= 11 is 5.72. The van der Waals surface area contributed by atoms with Gasteiger partial charge in [-0.1, -0.05) is 0 Å². The number of hydrogen-bond donors (Lipinski definition) is 0. The Morgan fingerprint density at radius 1 is 1.60 bits per heavy atom. The normalized spacial score (nSPS) is 70.2. The van der Waals surface area contributed by atoms with Crippen LogP contribution in [0.1, 0.15) is 12.8 Å². The highest BCUT2D eigenvalue weighted by Crippen LogP contribution is 2.71. The molecule has 28 valence electrons. The lowest BCUT2D eigenvalue weighted by molar-refractivity contribution is 0.932. The Labute approximate surface area is 36.1 Å². The molecule has 0 radical (unpaired) electrons. The molecule has 2 saturated carbocycles. The zero-order valence-corrected chi connectivity index (χ0v) is 3.63. The van der Waals surface area contributed by atoms with Crippen molar-refractivity contribution in [1.82, 2.24) is 0 Å². The van der Waals surface area contributed by atoms with E-state index in [2.05, 4.69) is 0 Å². The molecule has 0 unspecified atom stereocenters. The van der Waals surface area contributed by atoms with Crippen molar-refractivity contribution in [2.75, 3.05) is 0 Å². The van der Waals surface area contributed by atoms with Crippen LogP contribution in [0.15, 0.2) is 0 Å². The highest BCUT2D eigenvalue weighted by molar-refractivity contribution is 6.28. The van der Waals surface area contributed by atoms with Crippen LogP contribution in [-0.2, 0) is 0 Å². The topological polar surface area (TPSA) is 0 Å². The van der Waals surface area contributed by atoms with Gasteiger partial charge < -0.3 is 0 Å². The van der Waals surface area contributed by atoms with Crippen molar-refractivity contribution in [1.29, 1.82) is 0 Å². The van der Waals surface area contributed by atoms with Gasteiger partial charge in [0.05, 0.1) is 0 Å². The quantitative estimate of drug-likeness (QED) is 0.393. The molecule has 0 atom stereocenters. The van der Waals surface area contributed by atoms with E-state index >= 15 is 0 Å². The van der Waals surface area contributed by atoms with E-state index in [1.807, 2.05) is 0 Å². The first kappa shape index (κ1) is 2.46. The Hall–Kier alpha value is 0.290. The second-order valence-corrected chi connectivity index (χ2v) is 2.89. The summed E-state index contributed by atoms with van der Waals surface area (Å²) in [4.78, 5) is 0.389. The standard InChI is InChI=1S/C4H5Cl/c5-4-1-3(4)2-4/h3H,1-2H2. The fourth-order valence-electron chi connectivity index (χ4n) is 0.642. The summed E-state index contributed by atoms with van der Waals surface area (Å²) in [5.41, 5.74) is 0. The Morgan fingerprint density at radius 2 is 1.80 bits per heavy atom. The van der Waals surface area contributed by atoms with Crippen LogP contribution in [-0.4, -0.2) is 4.87 Å². The minimum atomic E-state index is 0.389. The molecule has 0 aromatic rings. The predicted molar refractivity (Wildman–Crippen MR) is 21.3 cm³/mol. The van der Waals surface area contributed by atoms with Gasteiger partial charge in [0.25, 0.3) is 0 Å². The van der Waals surface area contributed by atoms with Crippen LogP contribution in [0.3, 0.4) is 0 Å². The van der Waals surface area contributed by atoms with Crippen molar-refractivity contribution in [3.8, 4) is 0 Å². The highest BCUT2D eigenvalue weighted by atomic mass is 35.5. The maximum Gasteiger partial charge on any atom is 0.0482 e. The lowest BCUT2D eigenvalue weighted by Crippen LogP contribution is -1.71. The summed E-state index contributed by atoms with van der Waals surface area (Å²) < 4.78 is 0. The summed E-state index contributed by atoms with van der Waals surface area (Å²) in [6, 6.07) is 0. The van der Waals surface area contributed by atoms with Crippen LogP contribution in [0.4, 0.5) is 0 Å². The van der Waals surface area contributed by atoms with E-state index in [9.17, 15) is 0 Å². The fourth-order valence-corrected chi connectivity index (χ4v) is 1.01. The van der Waals surface area contributed by atoms with Crippen LogP contribution in [0.2, 0.25) is 0 Å². The molecule has 0 aromatic carbocycles. The average molecular weight is 88.5 g/mol. The molecule has 0 bridgehead atoms. The maximum atomic E-state index is 5.72. The van der Waals surface area contributed by atoms with Crippen molar-refractivity contribution in [2.24, 2.45) is 5.92 Å². The van der Waals surface area contributed by atoms with E-state index in [-0.39, 0.29) is 0 Å². The molecule has 0 N–H and O–H groups in total. The molecule has 0 amide bonds. The molecule has 0 aromatic heterocycles. The first-order chi connectivity index (χ1) is 2.31. The molecule has 5 heavy (non-hydrogen) atoms. The first-order valence-corrected chi connectivity index (χ1v) is 2.38. The lowest BCUT2D eigenvalue weighted by Gasteiger charge is -1.76. The van der Waals surface area contributed by atoms with Gasteiger partial charge in [-0.3, -0.25) is 0 Å². The number of halogens is 1. The third-order valence-electron chi connectivity index (χ3n) is 1.58. The predicted octanol–water partition coefficient (Wildman–Crippen LogP) is 1.39. The van der Waals surface area contributed by atoms with E-state index in [1.165, 1.54) is 12.8 Å². The first-order valence-electron chi connectivity index (χ1n) is 2.00. The largest absolute Gasteiger partial charge is 0.119 e. The molecule has 0 saturated heterocycles. The van der Waals surface area contributed by atoms with Crippen molar-refractivity contribution in [2.45, 2.75) is 17.7 Å². The Kier molecular flexibility index (Phi) is 0.179. The third kappa shape index (κ3) is 0.149. The van der Waals surface area contributed by atoms with Gasteiger partial charge in [-0.15, -0.1) is 11.6 Å². The van der Waals surface area contributed by atoms with Crippen LogP contribution < -0.4 is 0 Å². The maximum absolute atomic E-state index is 5.72. The smallest absolute Gasteiger partial charge is 0.0482 e. The van der Waals surface area contributed by atoms with Gasteiger partial charge in [-0.2, -0.15) is 0 Å². The average Bonchev–Trinajstić information content (AvgIpc) is 1.74. The van der Waals surface area contributed by atoms with Gasteiger partial charge in [-0.25, -0.2) is 0 Å². The Bertz CT molecular complexity index is 71.7. The van der Waals surface area contributed by atoms with Crippen LogP contribution in [0.5, 0.6) is 0 Å². The summed E-state index contributed by atoms with van der Waals surface area (Å²) in [6.07, 6.45) is 2.63. The van der Waals surface area contributed by atoms with E-state index < -0.39 is 0 Å². The third-order valence-corrected chi connectivity index (χ3v) is 2.20. The SMILES string of the molecule is ClC12CC1C2. The lowest BCUT2D eigenvalue weighted by atomic mass is 10.4. The van der Waals surface area contributed by atoms with Gasteiger partial charge in [0.2, 0.25) is 0 Å². The minimum Gasteiger partial charge on any atom is -0.119 e. The molecule has 0 nitrogen and oxygen atoms in total.